The molecule has 0 bridgehead atoms. The van der Waals surface area contributed by atoms with E-state index in [1.165, 1.54) is 32.1 Å². The molecule has 0 heterocycles. The molecule has 1 rings (SSSR count). The monoisotopic (exact) mass is 262 g/mol. The average molecular weight is 262 g/mol. The van der Waals surface area contributed by atoms with E-state index in [4.69, 9.17) is 0 Å². The Morgan fingerprint density at radius 1 is 1.17 bits per heavy atom. The maximum atomic E-state index is 2.38. The third kappa shape index (κ3) is 4.53. The van der Waals surface area contributed by atoms with Gasteiger partial charge in [0.15, 0.2) is 0 Å². The van der Waals surface area contributed by atoms with Crippen molar-refractivity contribution >= 4 is 11.8 Å². The molecule has 0 spiro atoms. The van der Waals surface area contributed by atoms with Crippen LogP contribution in [0.15, 0.2) is 44.3 Å². The van der Waals surface area contributed by atoms with Gasteiger partial charge < -0.3 is 0 Å². The van der Waals surface area contributed by atoms with Gasteiger partial charge in [0.1, 0.15) is 0 Å². The van der Waals surface area contributed by atoms with E-state index in [0.29, 0.717) is 0 Å². The molecule has 0 saturated heterocycles. The van der Waals surface area contributed by atoms with Gasteiger partial charge in [-0.3, -0.25) is 0 Å². The Labute approximate surface area is 117 Å². The van der Waals surface area contributed by atoms with Crippen LogP contribution in [0.1, 0.15) is 60.8 Å². The Morgan fingerprint density at radius 2 is 1.83 bits per heavy atom. The lowest BCUT2D eigenvalue weighted by atomic mass is 10.0. The van der Waals surface area contributed by atoms with Crippen LogP contribution in [0, 0.1) is 0 Å². The minimum absolute atomic E-state index is 1.09. The van der Waals surface area contributed by atoms with Crippen molar-refractivity contribution in [1.82, 2.24) is 0 Å². The van der Waals surface area contributed by atoms with Gasteiger partial charge in [-0.15, -0.1) is 0 Å². The molecular formula is C17H26S. The molecule has 0 amide bonds. The lowest BCUT2D eigenvalue weighted by Gasteiger charge is -2.14. The molecule has 0 aliphatic heterocycles. The summed E-state index contributed by atoms with van der Waals surface area (Å²) in [7, 11) is 0. The zero-order valence-electron chi connectivity index (χ0n) is 12.7. The quantitative estimate of drug-likeness (QED) is 0.531. The molecule has 0 unspecified atom stereocenters. The van der Waals surface area contributed by atoms with E-state index in [1.54, 1.807) is 0 Å². The Bertz CT molecular complexity index is 431. The van der Waals surface area contributed by atoms with E-state index in [2.05, 4.69) is 53.7 Å². The van der Waals surface area contributed by atoms with Gasteiger partial charge in [0.2, 0.25) is 0 Å². The van der Waals surface area contributed by atoms with Crippen molar-refractivity contribution in [3.8, 4) is 0 Å². The van der Waals surface area contributed by atoms with Crippen LogP contribution in [0.25, 0.3) is 0 Å². The molecule has 100 valence electrons. The minimum Gasteiger partial charge on any atom is -0.0950 e. The van der Waals surface area contributed by atoms with Gasteiger partial charge in [-0.2, -0.15) is 0 Å². The van der Waals surface area contributed by atoms with Crippen LogP contribution in [-0.2, 0) is 0 Å². The van der Waals surface area contributed by atoms with Crippen LogP contribution < -0.4 is 0 Å². The lowest BCUT2D eigenvalue weighted by molar-refractivity contribution is 1.05. The van der Waals surface area contributed by atoms with Crippen LogP contribution in [0.3, 0.4) is 0 Å². The van der Waals surface area contributed by atoms with Crippen LogP contribution in [-0.4, -0.2) is 0 Å². The average Bonchev–Trinajstić information content (AvgIpc) is 2.32. The van der Waals surface area contributed by atoms with E-state index < -0.39 is 0 Å². The van der Waals surface area contributed by atoms with Crippen molar-refractivity contribution in [2.45, 2.75) is 60.8 Å². The predicted molar refractivity (Wildman–Crippen MR) is 85.7 cm³/mol. The van der Waals surface area contributed by atoms with Crippen molar-refractivity contribution in [1.29, 1.82) is 0 Å². The third-order valence-electron chi connectivity index (χ3n) is 3.51. The summed E-state index contributed by atoms with van der Waals surface area (Å²) in [5.41, 5.74) is 5.94. The minimum atomic E-state index is 1.09. The molecule has 1 aliphatic rings. The molecule has 0 aromatic rings. The third-order valence-corrected chi connectivity index (χ3v) is 4.85. The summed E-state index contributed by atoms with van der Waals surface area (Å²) < 4.78 is 0. The summed E-state index contributed by atoms with van der Waals surface area (Å²) >= 11 is 1.94. The second-order valence-electron chi connectivity index (χ2n) is 5.36. The molecule has 1 heteroatoms. The van der Waals surface area contributed by atoms with Crippen LogP contribution in [0.4, 0.5) is 0 Å². The summed E-state index contributed by atoms with van der Waals surface area (Å²) in [5, 5.41) is 0. The van der Waals surface area contributed by atoms with Crippen molar-refractivity contribution in [2.75, 3.05) is 0 Å². The fourth-order valence-corrected chi connectivity index (χ4v) is 3.12. The first kappa shape index (κ1) is 15.4. The van der Waals surface area contributed by atoms with E-state index >= 15 is 0 Å². The molecule has 0 fully saturated rings. The first-order valence-corrected chi connectivity index (χ1v) is 7.62. The van der Waals surface area contributed by atoms with E-state index in [0.717, 1.165) is 19.3 Å². The first-order valence-electron chi connectivity index (χ1n) is 6.80. The number of hydrogen-bond donors (Lipinski definition) is 0. The fourth-order valence-electron chi connectivity index (χ4n) is 1.96. The molecule has 0 saturated carbocycles. The number of rotatable bonds is 3. The normalized spacial score (nSPS) is 21.7. The summed E-state index contributed by atoms with van der Waals surface area (Å²) in [6.07, 6.45) is 8.11. The molecule has 0 nitrogen and oxygen atoms in total. The van der Waals surface area contributed by atoms with Crippen molar-refractivity contribution < 1.29 is 0 Å². The smallest absolute Gasteiger partial charge is 0.0110 e. The molecule has 18 heavy (non-hydrogen) atoms. The van der Waals surface area contributed by atoms with E-state index in [-0.39, 0.29) is 0 Å². The van der Waals surface area contributed by atoms with Crippen LogP contribution in [0.2, 0.25) is 0 Å². The molecule has 0 aromatic heterocycles. The summed E-state index contributed by atoms with van der Waals surface area (Å²) in [6, 6.07) is 0. The largest absolute Gasteiger partial charge is 0.0950 e. The highest BCUT2D eigenvalue weighted by molar-refractivity contribution is 8.06. The highest BCUT2D eigenvalue weighted by atomic mass is 32.2. The van der Waals surface area contributed by atoms with Crippen molar-refractivity contribution in [2.24, 2.45) is 0 Å². The Kier molecular flexibility index (Phi) is 6.01. The Morgan fingerprint density at radius 3 is 2.44 bits per heavy atom. The van der Waals surface area contributed by atoms with Gasteiger partial charge in [0, 0.05) is 4.91 Å². The van der Waals surface area contributed by atoms with E-state index in [1.807, 2.05) is 11.8 Å². The second-order valence-corrected chi connectivity index (χ2v) is 6.62. The SMILES string of the molecule is CC/C(C)=C(/C)SC1=C(C)C/C=C(/C)CC(C)=C1. The second kappa shape index (κ2) is 7.04. The number of allylic oxidation sites excluding steroid dienone is 7. The fraction of sp³-hybridized carbons (Fsp3) is 0.529. The summed E-state index contributed by atoms with van der Waals surface area (Å²) in [5.74, 6) is 0. The van der Waals surface area contributed by atoms with Crippen molar-refractivity contribution in [3.63, 3.8) is 0 Å². The van der Waals surface area contributed by atoms with Gasteiger partial charge >= 0.3 is 0 Å². The molecule has 0 aromatic carbocycles. The first-order chi connectivity index (χ1) is 8.43. The number of thioether (sulfide) groups is 1. The van der Waals surface area contributed by atoms with Gasteiger partial charge in [-0.25, -0.2) is 0 Å². The molecule has 0 atom stereocenters. The molecule has 0 radical (unpaired) electrons. The van der Waals surface area contributed by atoms with Gasteiger partial charge in [-0.1, -0.05) is 47.1 Å². The molecule has 0 N–H and O–H groups in total. The summed E-state index contributed by atoms with van der Waals surface area (Å²) in [4.78, 5) is 2.90. The lowest BCUT2D eigenvalue weighted by Crippen LogP contribution is -1.91. The summed E-state index contributed by atoms with van der Waals surface area (Å²) in [6.45, 7) is 13.4. The van der Waals surface area contributed by atoms with Gasteiger partial charge in [0.25, 0.3) is 0 Å². The van der Waals surface area contributed by atoms with E-state index in [9.17, 15) is 0 Å². The highest BCUT2D eigenvalue weighted by Gasteiger charge is 2.07. The number of hydrogen-bond acceptors (Lipinski definition) is 1. The Hall–Kier alpha value is -0.690. The zero-order valence-corrected chi connectivity index (χ0v) is 13.5. The molecule has 1 aliphatic carbocycles. The Balaban J connectivity index is 3.02. The standard InChI is InChI=1S/C17H26S/c1-7-14(4)16(6)18-17-11-13(3)10-12(2)8-9-15(17)5/h8,11H,7,9-10H2,1-6H3/b12-8-,13-11?,16-14-,17-15?. The topological polar surface area (TPSA) is 0 Å². The van der Waals surface area contributed by atoms with Crippen LogP contribution >= 0.6 is 11.8 Å². The maximum absolute atomic E-state index is 2.38. The van der Waals surface area contributed by atoms with Gasteiger partial charge in [0.05, 0.1) is 0 Å². The maximum Gasteiger partial charge on any atom is 0.0110 e. The zero-order chi connectivity index (χ0) is 13.7. The van der Waals surface area contributed by atoms with Gasteiger partial charge in [-0.05, 0) is 64.9 Å². The van der Waals surface area contributed by atoms with Crippen LogP contribution in [0.5, 0.6) is 0 Å². The highest BCUT2D eigenvalue weighted by Crippen LogP contribution is 2.35. The molecular weight excluding hydrogens is 236 g/mol. The van der Waals surface area contributed by atoms with Crippen molar-refractivity contribution in [3.05, 3.63) is 44.3 Å². The predicted octanol–water partition coefficient (Wildman–Crippen LogP) is 6.38.